The van der Waals surface area contributed by atoms with E-state index in [0.717, 1.165) is 11.8 Å². The zero-order valence-electron chi connectivity index (χ0n) is 7.67. The maximum absolute atomic E-state index is 11.3. The molecule has 1 aromatic rings. The fourth-order valence-electron chi connectivity index (χ4n) is 0.878. The van der Waals surface area contributed by atoms with E-state index < -0.39 is 0 Å². The third-order valence-corrected chi connectivity index (χ3v) is 2.81. The molecule has 0 atom stereocenters. The lowest BCUT2D eigenvalue weighted by atomic mass is 10.3. The Hall–Kier alpha value is -0.420. The van der Waals surface area contributed by atoms with Crippen molar-refractivity contribution < 1.29 is 9.90 Å². The Labute approximate surface area is 102 Å². The fraction of sp³-hybridized carbons (Fsp3) is 0.222. The summed E-state index contributed by atoms with van der Waals surface area (Å²) in [5, 5.41) is 11.8. The first-order chi connectivity index (χ1) is 7.13. The second-order valence-corrected chi connectivity index (χ2v) is 4.52. The van der Waals surface area contributed by atoms with Gasteiger partial charge in [-0.25, -0.2) is 0 Å². The van der Waals surface area contributed by atoms with Crippen LogP contribution in [0.4, 0.5) is 10.5 Å². The van der Waals surface area contributed by atoms with E-state index in [4.69, 9.17) is 28.3 Å². The number of anilines is 1. The van der Waals surface area contributed by atoms with E-state index >= 15 is 0 Å². The number of rotatable bonds is 3. The minimum absolute atomic E-state index is 0.0403. The van der Waals surface area contributed by atoms with Crippen LogP contribution in [0.1, 0.15) is 0 Å². The number of halogens is 2. The van der Waals surface area contributed by atoms with E-state index in [-0.39, 0.29) is 11.8 Å². The highest BCUT2D eigenvalue weighted by Crippen LogP contribution is 2.26. The van der Waals surface area contributed by atoms with Gasteiger partial charge in [-0.1, -0.05) is 35.0 Å². The van der Waals surface area contributed by atoms with Gasteiger partial charge in [0.15, 0.2) is 0 Å². The molecule has 0 fully saturated rings. The number of hydrogen-bond donors (Lipinski definition) is 2. The molecule has 0 saturated carbocycles. The number of aliphatic hydroxyl groups excluding tert-OH is 1. The summed E-state index contributed by atoms with van der Waals surface area (Å²) in [6.07, 6.45) is 0. The Bertz CT molecular complexity index is 360. The maximum atomic E-state index is 11.3. The molecule has 15 heavy (non-hydrogen) atoms. The van der Waals surface area contributed by atoms with Gasteiger partial charge in [0.1, 0.15) is 0 Å². The summed E-state index contributed by atoms with van der Waals surface area (Å²) in [4.78, 5) is 11.3. The molecule has 0 heterocycles. The van der Waals surface area contributed by atoms with E-state index in [2.05, 4.69) is 5.32 Å². The smallest absolute Gasteiger partial charge is 0.283 e. The summed E-state index contributed by atoms with van der Waals surface area (Å²) in [6.45, 7) is -0.0403. The fourth-order valence-corrected chi connectivity index (χ4v) is 1.67. The van der Waals surface area contributed by atoms with Crippen LogP contribution in [0.3, 0.4) is 0 Å². The van der Waals surface area contributed by atoms with E-state index in [9.17, 15) is 4.79 Å². The molecule has 0 saturated heterocycles. The summed E-state index contributed by atoms with van der Waals surface area (Å²) in [7, 11) is 0. The molecule has 0 aromatic heterocycles. The van der Waals surface area contributed by atoms with Crippen LogP contribution < -0.4 is 5.32 Å². The summed E-state index contributed by atoms with van der Waals surface area (Å²) in [5.41, 5.74) is 0.472. The average molecular weight is 266 g/mol. The number of nitrogens with one attached hydrogen (secondary N) is 1. The molecule has 0 unspecified atom stereocenters. The lowest BCUT2D eigenvalue weighted by Crippen LogP contribution is -2.07. The molecule has 3 nitrogen and oxygen atoms in total. The van der Waals surface area contributed by atoms with Crippen molar-refractivity contribution in [3.05, 3.63) is 28.2 Å². The van der Waals surface area contributed by atoms with Crippen LogP contribution in [0.15, 0.2) is 18.2 Å². The summed E-state index contributed by atoms with van der Waals surface area (Å²) < 4.78 is 0. The average Bonchev–Trinajstić information content (AvgIpc) is 2.20. The van der Waals surface area contributed by atoms with Gasteiger partial charge in [0.25, 0.3) is 5.24 Å². The van der Waals surface area contributed by atoms with E-state index in [1.165, 1.54) is 0 Å². The lowest BCUT2D eigenvalue weighted by Gasteiger charge is -2.06. The van der Waals surface area contributed by atoms with Gasteiger partial charge in [0.05, 0.1) is 17.3 Å². The zero-order chi connectivity index (χ0) is 11.3. The van der Waals surface area contributed by atoms with Crippen molar-refractivity contribution in [2.45, 2.75) is 0 Å². The standard InChI is InChI=1S/C9H9Cl2NO2S/c10-6-1-2-7(11)8(5-6)12-9(14)15-4-3-13/h1-2,5,13H,3-4H2,(H,12,14). The minimum atomic E-state index is -0.270. The van der Waals surface area contributed by atoms with Gasteiger partial charge >= 0.3 is 0 Å². The van der Waals surface area contributed by atoms with Crippen LogP contribution in [0.25, 0.3) is 0 Å². The Balaban J connectivity index is 2.63. The van der Waals surface area contributed by atoms with Crippen LogP contribution in [0, 0.1) is 0 Å². The molecule has 0 aliphatic rings. The van der Waals surface area contributed by atoms with Gasteiger partial charge in [-0.15, -0.1) is 0 Å². The van der Waals surface area contributed by atoms with Gasteiger partial charge in [-0.3, -0.25) is 4.79 Å². The van der Waals surface area contributed by atoms with Crippen molar-refractivity contribution in [2.75, 3.05) is 17.7 Å². The minimum Gasteiger partial charge on any atom is -0.396 e. The predicted molar refractivity (Wildman–Crippen MR) is 65.0 cm³/mol. The van der Waals surface area contributed by atoms with Crippen molar-refractivity contribution >= 4 is 45.9 Å². The van der Waals surface area contributed by atoms with Crippen molar-refractivity contribution in [2.24, 2.45) is 0 Å². The molecular formula is C9H9Cl2NO2S. The molecule has 1 rings (SSSR count). The lowest BCUT2D eigenvalue weighted by molar-refractivity contribution is 0.269. The second-order valence-electron chi connectivity index (χ2n) is 2.61. The summed E-state index contributed by atoms with van der Waals surface area (Å²) in [5.74, 6) is 0.351. The van der Waals surface area contributed by atoms with Crippen molar-refractivity contribution in [1.82, 2.24) is 0 Å². The summed E-state index contributed by atoms with van der Waals surface area (Å²) >= 11 is 12.6. The van der Waals surface area contributed by atoms with E-state index in [0.29, 0.717) is 21.5 Å². The van der Waals surface area contributed by atoms with Crippen LogP contribution in [-0.4, -0.2) is 22.7 Å². The second kappa shape index (κ2) is 6.23. The topological polar surface area (TPSA) is 49.3 Å². The highest BCUT2D eigenvalue weighted by Gasteiger charge is 2.06. The Morgan fingerprint density at radius 2 is 2.20 bits per heavy atom. The number of carbonyl (C=O) groups is 1. The molecule has 6 heteroatoms. The predicted octanol–water partition coefficient (Wildman–Crippen LogP) is 3.25. The number of aliphatic hydroxyl groups is 1. The van der Waals surface area contributed by atoms with E-state index in [1.54, 1.807) is 18.2 Å². The quantitative estimate of drug-likeness (QED) is 0.882. The van der Waals surface area contributed by atoms with Crippen molar-refractivity contribution in [3.8, 4) is 0 Å². The molecule has 0 spiro atoms. The van der Waals surface area contributed by atoms with Gasteiger partial charge in [-0.2, -0.15) is 0 Å². The first kappa shape index (κ1) is 12.6. The molecule has 0 radical (unpaired) electrons. The van der Waals surface area contributed by atoms with Crippen molar-refractivity contribution in [3.63, 3.8) is 0 Å². The monoisotopic (exact) mass is 265 g/mol. The van der Waals surface area contributed by atoms with Gasteiger partial charge < -0.3 is 10.4 Å². The molecule has 0 aliphatic carbocycles. The molecule has 0 aliphatic heterocycles. The van der Waals surface area contributed by atoms with Gasteiger partial charge in [-0.05, 0) is 18.2 Å². The highest BCUT2D eigenvalue weighted by atomic mass is 35.5. The van der Waals surface area contributed by atoms with Crippen LogP contribution in [0.2, 0.25) is 10.0 Å². The number of hydrogen-bond acceptors (Lipinski definition) is 3. The van der Waals surface area contributed by atoms with Crippen LogP contribution >= 0.6 is 35.0 Å². The van der Waals surface area contributed by atoms with Crippen LogP contribution in [0.5, 0.6) is 0 Å². The highest BCUT2D eigenvalue weighted by molar-refractivity contribution is 8.13. The Morgan fingerprint density at radius 1 is 1.47 bits per heavy atom. The number of benzene rings is 1. The van der Waals surface area contributed by atoms with Crippen molar-refractivity contribution in [1.29, 1.82) is 0 Å². The maximum Gasteiger partial charge on any atom is 0.283 e. The molecule has 82 valence electrons. The Kier molecular flexibility index (Phi) is 5.25. The molecular weight excluding hydrogens is 257 g/mol. The SMILES string of the molecule is O=C(Nc1cc(Cl)ccc1Cl)SCCO. The Morgan fingerprint density at radius 3 is 2.87 bits per heavy atom. The first-order valence-corrected chi connectivity index (χ1v) is 5.87. The molecule has 1 amide bonds. The van der Waals surface area contributed by atoms with Gasteiger partial charge in [0.2, 0.25) is 0 Å². The molecule has 2 N–H and O–H groups in total. The normalized spacial score (nSPS) is 10.1. The zero-order valence-corrected chi connectivity index (χ0v) is 9.99. The number of amides is 1. The summed E-state index contributed by atoms with van der Waals surface area (Å²) in [6, 6.07) is 4.82. The first-order valence-electron chi connectivity index (χ1n) is 4.13. The molecule has 1 aromatic carbocycles. The van der Waals surface area contributed by atoms with E-state index in [1.807, 2.05) is 0 Å². The van der Waals surface area contributed by atoms with Gasteiger partial charge in [0, 0.05) is 10.8 Å². The largest absolute Gasteiger partial charge is 0.396 e. The third-order valence-electron chi connectivity index (χ3n) is 1.49. The molecule has 0 bridgehead atoms. The van der Waals surface area contributed by atoms with Crippen LogP contribution in [-0.2, 0) is 0 Å². The number of carbonyl (C=O) groups excluding carboxylic acids is 1. The number of thioether (sulfide) groups is 1. The third kappa shape index (κ3) is 4.30.